The van der Waals surface area contributed by atoms with Crippen LogP contribution in [0.15, 0.2) is 48.8 Å². The molecule has 0 radical (unpaired) electrons. The second kappa shape index (κ2) is 6.68. The van der Waals surface area contributed by atoms with Gasteiger partial charge in [-0.15, -0.1) is 0 Å². The Kier molecular flexibility index (Phi) is 4.68. The molecule has 5 heteroatoms. The van der Waals surface area contributed by atoms with Gasteiger partial charge in [-0.05, 0) is 29.8 Å². The average molecular weight is 272 g/mol. The van der Waals surface area contributed by atoms with Crippen molar-refractivity contribution >= 4 is 5.91 Å². The maximum absolute atomic E-state index is 11.8. The van der Waals surface area contributed by atoms with Gasteiger partial charge < -0.3 is 15.2 Å². The summed E-state index contributed by atoms with van der Waals surface area (Å²) >= 11 is 0. The van der Waals surface area contributed by atoms with Gasteiger partial charge in [0.25, 0.3) is 5.91 Å². The van der Waals surface area contributed by atoms with Crippen LogP contribution in [0.2, 0.25) is 0 Å². The van der Waals surface area contributed by atoms with Crippen molar-refractivity contribution < 1.29 is 14.6 Å². The van der Waals surface area contributed by atoms with Crippen LogP contribution in [0.25, 0.3) is 0 Å². The van der Waals surface area contributed by atoms with Crippen LogP contribution < -0.4 is 10.1 Å². The normalized spacial score (nSPS) is 11.7. The Bertz CT molecular complexity index is 572. The SMILES string of the molecule is COc1cccc(C(O)CNC(=O)c2cccnc2)c1. The van der Waals surface area contributed by atoms with Crippen molar-refractivity contribution in [2.45, 2.75) is 6.10 Å². The predicted octanol–water partition coefficient (Wildman–Crippen LogP) is 1.55. The number of aromatic nitrogens is 1. The first-order valence-electron chi connectivity index (χ1n) is 6.21. The van der Waals surface area contributed by atoms with Crippen molar-refractivity contribution in [3.8, 4) is 5.75 Å². The molecule has 1 aromatic heterocycles. The topological polar surface area (TPSA) is 71.5 Å². The van der Waals surface area contributed by atoms with Gasteiger partial charge in [-0.25, -0.2) is 0 Å². The highest BCUT2D eigenvalue weighted by molar-refractivity contribution is 5.93. The standard InChI is InChI=1S/C15H16N2O3/c1-20-13-6-2-4-11(8-13)14(18)10-17-15(19)12-5-3-7-16-9-12/h2-9,14,18H,10H2,1H3,(H,17,19). The van der Waals surface area contributed by atoms with Crippen LogP contribution in [-0.4, -0.2) is 29.7 Å². The van der Waals surface area contributed by atoms with E-state index in [1.807, 2.05) is 0 Å². The van der Waals surface area contributed by atoms with Crippen LogP contribution in [0.5, 0.6) is 5.75 Å². The fourth-order valence-corrected chi connectivity index (χ4v) is 1.76. The molecule has 1 unspecified atom stereocenters. The third-order valence-corrected chi connectivity index (χ3v) is 2.86. The molecule has 2 aromatic rings. The van der Waals surface area contributed by atoms with Crippen molar-refractivity contribution in [2.75, 3.05) is 13.7 Å². The second-order valence-corrected chi connectivity index (χ2v) is 4.24. The van der Waals surface area contributed by atoms with E-state index >= 15 is 0 Å². The highest BCUT2D eigenvalue weighted by Gasteiger charge is 2.11. The van der Waals surface area contributed by atoms with Crippen molar-refractivity contribution in [1.82, 2.24) is 10.3 Å². The third-order valence-electron chi connectivity index (χ3n) is 2.86. The largest absolute Gasteiger partial charge is 0.497 e. The number of nitrogens with zero attached hydrogens (tertiary/aromatic N) is 1. The van der Waals surface area contributed by atoms with Crippen molar-refractivity contribution in [3.05, 3.63) is 59.9 Å². The Hall–Kier alpha value is -2.40. The first-order chi connectivity index (χ1) is 9.70. The summed E-state index contributed by atoms with van der Waals surface area (Å²) in [6.45, 7) is 0.126. The summed E-state index contributed by atoms with van der Waals surface area (Å²) in [4.78, 5) is 15.7. The molecule has 0 saturated heterocycles. The molecule has 0 bridgehead atoms. The van der Waals surface area contributed by atoms with Crippen LogP contribution in [0.1, 0.15) is 22.0 Å². The number of ether oxygens (including phenoxy) is 1. The molecule has 0 aliphatic rings. The maximum Gasteiger partial charge on any atom is 0.252 e. The molecule has 0 saturated carbocycles. The van der Waals surface area contributed by atoms with Crippen LogP contribution >= 0.6 is 0 Å². The molecule has 0 aliphatic carbocycles. The quantitative estimate of drug-likeness (QED) is 0.866. The van der Waals surface area contributed by atoms with E-state index in [0.717, 1.165) is 0 Å². The minimum atomic E-state index is -0.786. The second-order valence-electron chi connectivity index (χ2n) is 4.24. The summed E-state index contributed by atoms with van der Waals surface area (Å²) in [5, 5.41) is 12.7. The van der Waals surface area contributed by atoms with Gasteiger partial charge in [0.05, 0.1) is 18.8 Å². The molecule has 0 aliphatic heterocycles. The lowest BCUT2D eigenvalue weighted by atomic mass is 10.1. The number of benzene rings is 1. The molecule has 1 atom stereocenters. The van der Waals surface area contributed by atoms with Crippen LogP contribution in [0.4, 0.5) is 0 Å². The zero-order valence-corrected chi connectivity index (χ0v) is 11.1. The molecule has 0 fully saturated rings. The van der Waals surface area contributed by atoms with Gasteiger partial charge in [0.1, 0.15) is 5.75 Å². The Labute approximate surface area is 117 Å². The van der Waals surface area contributed by atoms with Crippen molar-refractivity contribution in [2.24, 2.45) is 0 Å². The summed E-state index contributed by atoms with van der Waals surface area (Å²) in [6, 6.07) is 10.5. The number of hydrogen-bond donors (Lipinski definition) is 2. The fraction of sp³-hybridized carbons (Fsp3) is 0.200. The van der Waals surface area contributed by atoms with E-state index in [4.69, 9.17) is 4.74 Å². The number of methoxy groups -OCH3 is 1. The van der Waals surface area contributed by atoms with Gasteiger partial charge in [-0.2, -0.15) is 0 Å². The number of aliphatic hydroxyl groups is 1. The predicted molar refractivity (Wildman–Crippen MR) is 74.5 cm³/mol. The van der Waals surface area contributed by atoms with Crippen LogP contribution in [-0.2, 0) is 0 Å². The number of rotatable bonds is 5. The molecule has 1 amide bonds. The molecule has 104 valence electrons. The van der Waals surface area contributed by atoms with E-state index in [2.05, 4.69) is 10.3 Å². The minimum Gasteiger partial charge on any atom is -0.497 e. The first-order valence-corrected chi connectivity index (χ1v) is 6.21. The van der Waals surface area contributed by atoms with E-state index in [9.17, 15) is 9.90 Å². The summed E-state index contributed by atoms with van der Waals surface area (Å²) in [5.41, 5.74) is 1.15. The monoisotopic (exact) mass is 272 g/mol. The van der Waals surface area contributed by atoms with Crippen LogP contribution in [0, 0.1) is 0 Å². The van der Waals surface area contributed by atoms with Crippen molar-refractivity contribution in [1.29, 1.82) is 0 Å². The van der Waals surface area contributed by atoms with Gasteiger partial charge in [0, 0.05) is 18.9 Å². The number of aliphatic hydroxyl groups excluding tert-OH is 1. The van der Waals surface area contributed by atoms with Gasteiger partial charge in [-0.1, -0.05) is 12.1 Å². The van der Waals surface area contributed by atoms with E-state index in [1.165, 1.54) is 6.20 Å². The number of hydrogen-bond acceptors (Lipinski definition) is 4. The number of amides is 1. The Balaban J connectivity index is 1.95. The van der Waals surface area contributed by atoms with Gasteiger partial charge in [0.15, 0.2) is 0 Å². The van der Waals surface area contributed by atoms with E-state index in [1.54, 1.807) is 49.7 Å². The lowest BCUT2D eigenvalue weighted by molar-refractivity contribution is 0.0916. The van der Waals surface area contributed by atoms with E-state index in [0.29, 0.717) is 16.9 Å². The van der Waals surface area contributed by atoms with Crippen molar-refractivity contribution in [3.63, 3.8) is 0 Å². The third kappa shape index (κ3) is 3.55. The molecule has 5 nitrogen and oxygen atoms in total. The maximum atomic E-state index is 11.8. The van der Waals surface area contributed by atoms with E-state index < -0.39 is 6.10 Å². The first kappa shape index (κ1) is 14.0. The molecular weight excluding hydrogens is 256 g/mol. The summed E-state index contributed by atoms with van der Waals surface area (Å²) in [5.74, 6) is 0.403. The Morgan fingerprint density at radius 2 is 2.25 bits per heavy atom. The van der Waals surface area contributed by atoms with Gasteiger partial charge in [-0.3, -0.25) is 9.78 Å². The lowest BCUT2D eigenvalue weighted by Crippen LogP contribution is -2.28. The molecular formula is C15H16N2O3. The fourth-order valence-electron chi connectivity index (χ4n) is 1.76. The molecule has 20 heavy (non-hydrogen) atoms. The average Bonchev–Trinajstić information content (AvgIpc) is 2.53. The Morgan fingerprint density at radius 1 is 1.40 bits per heavy atom. The van der Waals surface area contributed by atoms with Crippen LogP contribution in [0.3, 0.4) is 0 Å². The number of nitrogens with one attached hydrogen (secondary N) is 1. The molecule has 1 heterocycles. The number of carbonyl (C=O) groups is 1. The summed E-state index contributed by atoms with van der Waals surface area (Å²) in [6.07, 6.45) is 2.29. The number of pyridine rings is 1. The molecule has 2 N–H and O–H groups in total. The summed E-state index contributed by atoms with van der Waals surface area (Å²) in [7, 11) is 1.57. The molecule has 2 rings (SSSR count). The highest BCUT2D eigenvalue weighted by atomic mass is 16.5. The van der Waals surface area contributed by atoms with Gasteiger partial charge in [0.2, 0.25) is 0 Å². The van der Waals surface area contributed by atoms with Gasteiger partial charge >= 0.3 is 0 Å². The van der Waals surface area contributed by atoms with E-state index in [-0.39, 0.29) is 12.5 Å². The zero-order valence-electron chi connectivity index (χ0n) is 11.1. The summed E-state index contributed by atoms with van der Waals surface area (Å²) < 4.78 is 5.09. The smallest absolute Gasteiger partial charge is 0.252 e. The lowest BCUT2D eigenvalue weighted by Gasteiger charge is -2.13. The minimum absolute atomic E-state index is 0.126. The Morgan fingerprint density at radius 3 is 2.95 bits per heavy atom. The highest BCUT2D eigenvalue weighted by Crippen LogP contribution is 2.18. The molecule has 0 spiro atoms. The molecule has 1 aromatic carbocycles. The zero-order chi connectivity index (χ0) is 14.4. The number of carbonyl (C=O) groups excluding carboxylic acids is 1.